The molecule has 1 atom stereocenters. The minimum atomic E-state index is -3.71. The lowest BCUT2D eigenvalue weighted by atomic mass is 10.2. The van der Waals surface area contributed by atoms with Crippen molar-refractivity contribution in [2.75, 3.05) is 33.4 Å². The number of nitrogens with one attached hydrogen (secondary N) is 1. The number of rotatable bonds is 6. The van der Waals surface area contributed by atoms with E-state index >= 15 is 0 Å². The maximum atomic E-state index is 12.5. The number of sulfonamides is 1. The summed E-state index contributed by atoms with van der Waals surface area (Å²) in [4.78, 5) is 14.0. The molecule has 0 bridgehead atoms. The fraction of sp³-hybridized carbons (Fsp3) is 0.500. The summed E-state index contributed by atoms with van der Waals surface area (Å²) in [5.41, 5.74) is 0.258. The molecule has 0 radical (unpaired) electrons. The van der Waals surface area contributed by atoms with Gasteiger partial charge in [0, 0.05) is 31.2 Å². The van der Waals surface area contributed by atoms with Crippen LogP contribution >= 0.6 is 15.9 Å². The van der Waals surface area contributed by atoms with Crippen LogP contribution in [0.25, 0.3) is 0 Å². The normalized spacial score (nSPS) is 18.4. The van der Waals surface area contributed by atoms with Crippen LogP contribution in [-0.2, 0) is 14.8 Å². The van der Waals surface area contributed by atoms with Crippen LogP contribution in [0, 0.1) is 0 Å². The zero-order chi connectivity index (χ0) is 17.0. The van der Waals surface area contributed by atoms with Gasteiger partial charge >= 0.3 is 0 Å². The van der Waals surface area contributed by atoms with Crippen LogP contribution in [0.4, 0.5) is 0 Å². The predicted molar refractivity (Wildman–Crippen MR) is 87.7 cm³/mol. The third-order valence-electron chi connectivity index (χ3n) is 3.53. The summed E-state index contributed by atoms with van der Waals surface area (Å²) in [7, 11) is -2.23. The summed E-state index contributed by atoms with van der Waals surface area (Å²) < 4.78 is 32.2. The molecule has 0 aromatic heterocycles. The molecule has 0 spiro atoms. The third-order valence-corrected chi connectivity index (χ3v) is 5.68. The first-order valence-electron chi connectivity index (χ1n) is 7.10. The van der Waals surface area contributed by atoms with E-state index in [0.29, 0.717) is 17.4 Å². The molecule has 1 amide bonds. The smallest absolute Gasteiger partial charge is 0.255 e. The highest BCUT2D eigenvalue weighted by Crippen LogP contribution is 2.24. The second-order valence-corrected chi connectivity index (χ2v) is 7.85. The van der Waals surface area contributed by atoms with Gasteiger partial charge in [0.25, 0.3) is 5.91 Å². The molecular weight excluding hydrogens is 388 g/mol. The summed E-state index contributed by atoms with van der Waals surface area (Å²) in [6.45, 7) is 1.12. The average molecular weight is 407 g/mol. The van der Waals surface area contributed by atoms with E-state index in [0.717, 1.165) is 0 Å². The van der Waals surface area contributed by atoms with Gasteiger partial charge in [-0.05, 0) is 40.5 Å². The van der Waals surface area contributed by atoms with E-state index in [1.54, 1.807) is 0 Å². The first-order chi connectivity index (χ1) is 10.8. The van der Waals surface area contributed by atoms with Gasteiger partial charge in [-0.25, -0.2) is 13.1 Å². The number of likely N-dealkylation sites (tertiary alicyclic amines) is 1. The van der Waals surface area contributed by atoms with Crippen molar-refractivity contribution in [2.45, 2.75) is 17.4 Å². The number of hydrogen-bond acceptors (Lipinski definition) is 5. The zero-order valence-electron chi connectivity index (χ0n) is 12.7. The van der Waals surface area contributed by atoms with Gasteiger partial charge < -0.3 is 14.7 Å². The molecular formula is C14H19BrN2O5S. The number of carbonyl (C=O) groups excluding carboxylic acids is 1. The summed E-state index contributed by atoms with van der Waals surface area (Å²) in [5, 5.41) is 9.55. The Hall–Kier alpha value is -1.00. The second-order valence-electron chi connectivity index (χ2n) is 5.23. The van der Waals surface area contributed by atoms with Gasteiger partial charge in [-0.15, -0.1) is 0 Å². The maximum Gasteiger partial charge on any atom is 0.255 e. The van der Waals surface area contributed by atoms with Crippen molar-refractivity contribution in [3.63, 3.8) is 0 Å². The van der Waals surface area contributed by atoms with E-state index < -0.39 is 16.1 Å². The first-order valence-corrected chi connectivity index (χ1v) is 9.38. The Kier molecular flexibility index (Phi) is 6.15. The van der Waals surface area contributed by atoms with Crippen LogP contribution in [-0.4, -0.2) is 63.8 Å². The van der Waals surface area contributed by atoms with Crippen molar-refractivity contribution in [2.24, 2.45) is 0 Å². The Morgan fingerprint density at radius 2 is 2.26 bits per heavy atom. The highest BCUT2D eigenvalue weighted by atomic mass is 79.9. The molecule has 1 aliphatic rings. The molecule has 1 aromatic rings. The zero-order valence-corrected chi connectivity index (χ0v) is 15.1. The largest absolute Gasteiger partial charge is 0.391 e. The number of ether oxygens (including phenoxy) is 1. The number of β-amino-alcohol motifs (C(OH)–C–C–N with tert-alkyl or cyclic N) is 1. The summed E-state index contributed by atoms with van der Waals surface area (Å²) in [6, 6.07) is 4.30. The SMILES string of the molecule is COCCNS(=O)(=O)c1ccc(Br)c(C(=O)N2CC[C@H](O)C2)c1. The minimum Gasteiger partial charge on any atom is -0.391 e. The van der Waals surface area contributed by atoms with E-state index in [1.807, 2.05) is 0 Å². The van der Waals surface area contributed by atoms with Crippen molar-refractivity contribution in [3.05, 3.63) is 28.2 Å². The lowest BCUT2D eigenvalue weighted by Crippen LogP contribution is -2.30. The average Bonchev–Trinajstić information content (AvgIpc) is 2.93. The third kappa shape index (κ3) is 4.51. The number of benzene rings is 1. The van der Waals surface area contributed by atoms with Crippen molar-refractivity contribution < 1.29 is 23.1 Å². The number of carbonyl (C=O) groups is 1. The molecule has 0 unspecified atom stereocenters. The second kappa shape index (κ2) is 7.71. The molecule has 23 heavy (non-hydrogen) atoms. The van der Waals surface area contributed by atoms with E-state index in [-0.39, 0.29) is 36.1 Å². The van der Waals surface area contributed by atoms with Crippen molar-refractivity contribution in [3.8, 4) is 0 Å². The van der Waals surface area contributed by atoms with Crippen LogP contribution in [0.15, 0.2) is 27.6 Å². The molecule has 1 aromatic carbocycles. The lowest BCUT2D eigenvalue weighted by Gasteiger charge is -2.17. The standard InChI is InChI=1S/C14H19BrN2O5S/c1-22-7-5-16-23(20,21)11-2-3-13(15)12(8-11)14(19)17-6-4-10(18)9-17/h2-3,8,10,16,18H,4-7,9H2,1H3/t10-/m0/s1. The van der Waals surface area contributed by atoms with Gasteiger partial charge in [-0.1, -0.05) is 0 Å². The van der Waals surface area contributed by atoms with Crippen LogP contribution in [0.3, 0.4) is 0 Å². The molecule has 1 heterocycles. The van der Waals surface area contributed by atoms with Crippen molar-refractivity contribution in [1.82, 2.24) is 9.62 Å². The maximum absolute atomic E-state index is 12.5. The first kappa shape index (κ1) is 18.3. The Morgan fingerprint density at radius 1 is 1.52 bits per heavy atom. The van der Waals surface area contributed by atoms with Gasteiger partial charge in [0.1, 0.15) is 0 Å². The lowest BCUT2D eigenvalue weighted by molar-refractivity contribution is 0.0764. The highest BCUT2D eigenvalue weighted by Gasteiger charge is 2.27. The summed E-state index contributed by atoms with van der Waals surface area (Å²) >= 11 is 3.28. The number of amides is 1. The summed E-state index contributed by atoms with van der Waals surface area (Å²) in [6.07, 6.45) is 0.000248. The number of methoxy groups -OCH3 is 1. The summed E-state index contributed by atoms with van der Waals surface area (Å²) in [5.74, 6) is -0.303. The van der Waals surface area contributed by atoms with E-state index in [4.69, 9.17) is 4.74 Å². The number of aliphatic hydroxyl groups excluding tert-OH is 1. The minimum absolute atomic E-state index is 0.0138. The van der Waals surface area contributed by atoms with Crippen LogP contribution in [0.2, 0.25) is 0 Å². The molecule has 9 heteroatoms. The number of halogens is 1. The molecule has 2 N–H and O–H groups in total. The van der Waals surface area contributed by atoms with Crippen LogP contribution < -0.4 is 4.72 Å². The number of nitrogens with zero attached hydrogens (tertiary/aromatic N) is 1. The number of aliphatic hydroxyl groups is 1. The molecule has 1 saturated heterocycles. The van der Waals surface area contributed by atoms with E-state index in [1.165, 1.54) is 30.2 Å². The molecule has 2 rings (SSSR count). The topological polar surface area (TPSA) is 95.9 Å². The molecule has 1 fully saturated rings. The van der Waals surface area contributed by atoms with E-state index in [2.05, 4.69) is 20.7 Å². The number of hydrogen-bond donors (Lipinski definition) is 2. The highest BCUT2D eigenvalue weighted by molar-refractivity contribution is 9.10. The van der Waals surface area contributed by atoms with Crippen LogP contribution in [0.1, 0.15) is 16.8 Å². The van der Waals surface area contributed by atoms with Gasteiger partial charge in [-0.2, -0.15) is 0 Å². The molecule has 0 saturated carbocycles. The fourth-order valence-corrected chi connectivity index (χ4v) is 3.75. The van der Waals surface area contributed by atoms with Gasteiger partial charge in [0.05, 0.1) is 23.2 Å². The molecule has 7 nitrogen and oxygen atoms in total. The van der Waals surface area contributed by atoms with Crippen molar-refractivity contribution >= 4 is 31.9 Å². The monoisotopic (exact) mass is 406 g/mol. The van der Waals surface area contributed by atoms with Gasteiger partial charge in [0.15, 0.2) is 0 Å². The molecule has 0 aliphatic carbocycles. The Balaban J connectivity index is 2.23. The molecule has 128 valence electrons. The molecule has 1 aliphatic heterocycles. The Morgan fingerprint density at radius 3 is 2.87 bits per heavy atom. The van der Waals surface area contributed by atoms with E-state index in [9.17, 15) is 18.3 Å². The Bertz CT molecular complexity index is 680. The fourth-order valence-electron chi connectivity index (χ4n) is 2.29. The Labute approximate surface area is 143 Å². The predicted octanol–water partition coefficient (Wildman–Crippen LogP) is 0.581. The van der Waals surface area contributed by atoms with Crippen molar-refractivity contribution in [1.29, 1.82) is 0 Å². The quantitative estimate of drug-likeness (QED) is 0.673. The van der Waals surface area contributed by atoms with Gasteiger partial charge in [0.2, 0.25) is 10.0 Å². The van der Waals surface area contributed by atoms with Crippen LogP contribution in [0.5, 0.6) is 0 Å². The van der Waals surface area contributed by atoms with Gasteiger partial charge in [-0.3, -0.25) is 4.79 Å².